The van der Waals surface area contributed by atoms with Crippen LogP contribution in [0.3, 0.4) is 0 Å². The average molecular weight is 284 g/mol. The van der Waals surface area contributed by atoms with Crippen molar-refractivity contribution in [2.75, 3.05) is 12.3 Å². The van der Waals surface area contributed by atoms with Crippen molar-refractivity contribution in [1.82, 2.24) is 5.32 Å². The molecule has 0 atom stereocenters. The molecule has 1 aromatic rings. The van der Waals surface area contributed by atoms with E-state index in [4.69, 9.17) is 23.1 Å². The molecule has 0 fully saturated rings. The highest BCUT2D eigenvalue weighted by atomic mass is 35.5. The Morgan fingerprint density at radius 1 is 1.50 bits per heavy atom. The Balaban J connectivity index is 2.64. The molecule has 0 aliphatic heterocycles. The molecule has 6 heteroatoms. The first-order chi connectivity index (χ1) is 8.54. The SMILES string of the molecule is C#CCNC(=O)CSc1ccc(Cl)c(C(=O)O)c1. The lowest BCUT2D eigenvalue weighted by Gasteiger charge is -2.04. The van der Waals surface area contributed by atoms with E-state index < -0.39 is 5.97 Å². The number of carbonyl (C=O) groups excluding carboxylic acids is 1. The van der Waals surface area contributed by atoms with Gasteiger partial charge >= 0.3 is 5.97 Å². The lowest BCUT2D eigenvalue weighted by molar-refractivity contribution is -0.118. The number of aromatic carboxylic acids is 1. The van der Waals surface area contributed by atoms with Crippen molar-refractivity contribution in [1.29, 1.82) is 0 Å². The van der Waals surface area contributed by atoms with E-state index in [9.17, 15) is 9.59 Å². The van der Waals surface area contributed by atoms with Gasteiger partial charge in [-0.3, -0.25) is 4.79 Å². The first-order valence-corrected chi connectivity index (χ1v) is 6.26. The van der Waals surface area contributed by atoms with E-state index in [-0.39, 0.29) is 28.8 Å². The first kappa shape index (κ1) is 14.4. The van der Waals surface area contributed by atoms with Gasteiger partial charge in [0.25, 0.3) is 0 Å². The molecule has 1 amide bonds. The van der Waals surface area contributed by atoms with Gasteiger partial charge in [-0.25, -0.2) is 4.79 Å². The van der Waals surface area contributed by atoms with Gasteiger partial charge < -0.3 is 10.4 Å². The van der Waals surface area contributed by atoms with Crippen molar-refractivity contribution < 1.29 is 14.7 Å². The van der Waals surface area contributed by atoms with E-state index in [2.05, 4.69) is 11.2 Å². The summed E-state index contributed by atoms with van der Waals surface area (Å²) in [5, 5.41) is 11.6. The molecule has 0 spiro atoms. The number of amides is 1. The number of carbonyl (C=O) groups is 2. The molecule has 0 heterocycles. The number of hydrogen-bond acceptors (Lipinski definition) is 3. The third-order valence-corrected chi connectivity index (χ3v) is 3.25. The Hall–Kier alpha value is -1.64. The molecular weight excluding hydrogens is 274 g/mol. The van der Waals surface area contributed by atoms with Crippen LogP contribution in [0.1, 0.15) is 10.4 Å². The molecular formula is C12H10ClNO3S. The Labute approximate surface area is 114 Å². The minimum Gasteiger partial charge on any atom is -0.478 e. The Kier molecular flexibility index (Phi) is 5.56. The van der Waals surface area contributed by atoms with Gasteiger partial charge in [0.05, 0.1) is 22.9 Å². The number of nitrogens with one attached hydrogen (secondary N) is 1. The molecule has 0 aromatic heterocycles. The van der Waals surface area contributed by atoms with Gasteiger partial charge in [-0.2, -0.15) is 0 Å². The number of halogens is 1. The molecule has 2 N–H and O–H groups in total. The van der Waals surface area contributed by atoms with Gasteiger partial charge in [-0.05, 0) is 18.2 Å². The van der Waals surface area contributed by atoms with Crippen molar-refractivity contribution in [3.05, 3.63) is 28.8 Å². The van der Waals surface area contributed by atoms with E-state index in [1.54, 1.807) is 6.07 Å². The van der Waals surface area contributed by atoms with Crippen molar-refractivity contribution in [2.24, 2.45) is 0 Å². The minimum absolute atomic E-state index is 0.0192. The normalized spacial score (nSPS) is 9.56. The summed E-state index contributed by atoms with van der Waals surface area (Å²) >= 11 is 6.95. The van der Waals surface area contributed by atoms with Crippen LogP contribution in [0, 0.1) is 12.3 Å². The zero-order chi connectivity index (χ0) is 13.5. The van der Waals surface area contributed by atoms with Crippen LogP contribution in [0.25, 0.3) is 0 Å². The van der Waals surface area contributed by atoms with E-state index >= 15 is 0 Å². The fraction of sp³-hybridized carbons (Fsp3) is 0.167. The summed E-state index contributed by atoms with van der Waals surface area (Å²) in [4.78, 5) is 22.8. The van der Waals surface area contributed by atoms with E-state index in [0.717, 1.165) is 0 Å². The fourth-order valence-corrected chi connectivity index (χ4v) is 2.07. The standard InChI is InChI=1S/C12H10ClNO3S/c1-2-5-14-11(15)7-18-8-3-4-10(13)9(6-8)12(16)17/h1,3-4,6H,5,7H2,(H,14,15)(H,16,17). The zero-order valence-corrected chi connectivity index (χ0v) is 10.8. The number of thioether (sulfide) groups is 1. The fourth-order valence-electron chi connectivity index (χ4n) is 1.11. The summed E-state index contributed by atoms with van der Waals surface area (Å²) in [7, 11) is 0. The minimum atomic E-state index is -1.10. The van der Waals surface area contributed by atoms with Crippen molar-refractivity contribution >= 4 is 35.2 Å². The first-order valence-electron chi connectivity index (χ1n) is 4.90. The van der Waals surface area contributed by atoms with Crippen LogP contribution in [0.15, 0.2) is 23.1 Å². The smallest absolute Gasteiger partial charge is 0.337 e. The highest BCUT2D eigenvalue weighted by Crippen LogP contribution is 2.24. The van der Waals surface area contributed by atoms with Crippen LogP contribution in [0.4, 0.5) is 0 Å². The maximum atomic E-state index is 11.3. The average Bonchev–Trinajstić information content (AvgIpc) is 2.35. The van der Waals surface area contributed by atoms with Gasteiger partial charge in [0, 0.05) is 4.90 Å². The third-order valence-electron chi connectivity index (χ3n) is 1.93. The highest BCUT2D eigenvalue weighted by molar-refractivity contribution is 8.00. The molecule has 1 aromatic carbocycles. The van der Waals surface area contributed by atoms with Crippen LogP contribution < -0.4 is 5.32 Å². The predicted molar refractivity (Wildman–Crippen MR) is 71.0 cm³/mol. The van der Waals surface area contributed by atoms with E-state index in [1.807, 2.05) is 0 Å². The summed E-state index contributed by atoms with van der Waals surface area (Å²) in [5.41, 5.74) is 0.0192. The number of terminal acetylenes is 1. The molecule has 18 heavy (non-hydrogen) atoms. The van der Waals surface area contributed by atoms with Crippen LogP contribution in [-0.4, -0.2) is 29.3 Å². The van der Waals surface area contributed by atoms with Crippen LogP contribution in [-0.2, 0) is 4.79 Å². The number of benzene rings is 1. The van der Waals surface area contributed by atoms with Gasteiger partial charge in [-0.1, -0.05) is 17.5 Å². The zero-order valence-electron chi connectivity index (χ0n) is 9.27. The summed E-state index contributed by atoms with van der Waals surface area (Å²) < 4.78 is 0. The van der Waals surface area contributed by atoms with E-state index in [1.165, 1.54) is 23.9 Å². The number of carboxylic acid groups (broad SMARTS) is 1. The summed E-state index contributed by atoms with van der Waals surface area (Å²) in [6.07, 6.45) is 5.00. The Morgan fingerprint density at radius 3 is 2.83 bits per heavy atom. The topological polar surface area (TPSA) is 66.4 Å². The molecule has 0 aliphatic carbocycles. The second-order valence-electron chi connectivity index (χ2n) is 3.22. The van der Waals surface area contributed by atoms with Crippen LogP contribution >= 0.6 is 23.4 Å². The number of rotatable bonds is 5. The molecule has 94 valence electrons. The molecule has 4 nitrogen and oxygen atoms in total. The van der Waals surface area contributed by atoms with Gasteiger partial charge in [0.15, 0.2) is 0 Å². The lowest BCUT2D eigenvalue weighted by Crippen LogP contribution is -2.25. The van der Waals surface area contributed by atoms with Crippen molar-refractivity contribution in [2.45, 2.75) is 4.90 Å². The maximum Gasteiger partial charge on any atom is 0.337 e. The molecule has 0 aliphatic rings. The lowest BCUT2D eigenvalue weighted by atomic mass is 10.2. The molecule has 0 bridgehead atoms. The summed E-state index contributed by atoms with van der Waals surface area (Å²) in [6.45, 7) is 0.181. The molecule has 0 saturated carbocycles. The second kappa shape index (κ2) is 6.94. The van der Waals surface area contributed by atoms with Crippen LogP contribution in [0.2, 0.25) is 5.02 Å². The molecule has 1 rings (SSSR count). The predicted octanol–water partition coefficient (Wildman–Crippen LogP) is 1.88. The third kappa shape index (κ3) is 4.32. The van der Waals surface area contributed by atoms with Gasteiger partial charge in [-0.15, -0.1) is 18.2 Å². The van der Waals surface area contributed by atoms with Gasteiger partial charge in [0.1, 0.15) is 0 Å². The van der Waals surface area contributed by atoms with Gasteiger partial charge in [0.2, 0.25) is 5.91 Å². The van der Waals surface area contributed by atoms with E-state index in [0.29, 0.717) is 4.90 Å². The highest BCUT2D eigenvalue weighted by Gasteiger charge is 2.10. The Bertz CT molecular complexity index is 511. The molecule has 0 radical (unpaired) electrons. The summed E-state index contributed by atoms with van der Waals surface area (Å²) in [6, 6.07) is 4.59. The number of hydrogen-bond donors (Lipinski definition) is 2. The molecule has 0 saturated heterocycles. The number of carboxylic acids is 1. The largest absolute Gasteiger partial charge is 0.478 e. The Morgan fingerprint density at radius 2 is 2.22 bits per heavy atom. The molecule has 0 unspecified atom stereocenters. The monoisotopic (exact) mass is 283 g/mol. The second-order valence-corrected chi connectivity index (χ2v) is 4.67. The van der Waals surface area contributed by atoms with Crippen LogP contribution in [0.5, 0.6) is 0 Å². The maximum absolute atomic E-state index is 11.3. The van der Waals surface area contributed by atoms with Crippen molar-refractivity contribution in [3.63, 3.8) is 0 Å². The quantitative estimate of drug-likeness (QED) is 0.640. The van der Waals surface area contributed by atoms with Crippen molar-refractivity contribution in [3.8, 4) is 12.3 Å². The summed E-state index contributed by atoms with van der Waals surface area (Å²) in [5.74, 6) is 1.16.